The maximum Gasteiger partial charge on any atom is 0.269 e. The van der Waals surface area contributed by atoms with Gasteiger partial charge in [0.25, 0.3) is 11.5 Å². The minimum absolute atomic E-state index is 0.00150. The third kappa shape index (κ3) is 4.42. The highest BCUT2D eigenvalue weighted by Gasteiger charge is 2.17. The summed E-state index contributed by atoms with van der Waals surface area (Å²) in [4.78, 5) is 30.2. The number of hydrogen-bond acceptors (Lipinski definition) is 6. The fourth-order valence-corrected chi connectivity index (χ4v) is 3.04. The van der Waals surface area contributed by atoms with Gasteiger partial charge in [-0.05, 0) is 55.0 Å². The summed E-state index contributed by atoms with van der Waals surface area (Å²) in [7, 11) is 0. The molecule has 3 heterocycles. The Kier molecular flexibility index (Phi) is 5.81. The number of carbonyl (C=O) groups is 1. The summed E-state index contributed by atoms with van der Waals surface area (Å²) >= 11 is 0. The molecule has 4 rings (SSSR count). The van der Waals surface area contributed by atoms with Crippen LogP contribution < -0.4 is 15.6 Å². The first-order valence-corrected chi connectivity index (χ1v) is 9.73. The second-order valence-electron chi connectivity index (χ2n) is 6.92. The third-order valence-corrected chi connectivity index (χ3v) is 4.60. The molecule has 0 saturated heterocycles. The van der Waals surface area contributed by atoms with Gasteiger partial charge in [0.05, 0.1) is 12.8 Å². The Labute approximate surface area is 183 Å². The number of furan rings is 1. The van der Waals surface area contributed by atoms with Crippen LogP contribution in [0.3, 0.4) is 0 Å². The molecule has 0 aliphatic heterocycles. The molecule has 1 amide bonds. The molecule has 0 saturated carbocycles. The summed E-state index contributed by atoms with van der Waals surface area (Å²) in [5, 5.41) is 12.2. The van der Waals surface area contributed by atoms with Crippen LogP contribution in [0.1, 0.15) is 16.9 Å². The molecule has 32 heavy (non-hydrogen) atoms. The fourth-order valence-electron chi connectivity index (χ4n) is 3.04. The van der Waals surface area contributed by atoms with Gasteiger partial charge < -0.3 is 14.5 Å². The zero-order chi connectivity index (χ0) is 22.5. The number of nitrogens with one attached hydrogen (secondary N) is 1. The van der Waals surface area contributed by atoms with Crippen molar-refractivity contribution in [2.75, 3.05) is 0 Å². The molecule has 4 aromatic rings. The topological polar surface area (TPSA) is 110 Å². The SMILES string of the molecule is Cc1cccc(Oc2nc3ccccn3c(=O)c2C=C(C#N)C(=O)NCc2ccco2)c1. The molecule has 0 aliphatic carbocycles. The van der Waals surface area contributed by atoms with Gasteiger partial charge in [-0.15, -0.1) is 0 Å². The zero-order valence-corrected chi connectivity index (χ0v) is 17.1. The van der Waals surface area contributed by atoms with Crippen LogP contribution in [0, 0.1) is 18.3 Å². The van der Waals surface area contributed by atoms with E-state index in [0.29, 0.717) is 17.2 Å². The minimum Gasteiger partial charge on any atom is -0.467 e. The van der Waals surface area contributed by atoms with E-state index in [4.69, 9.17) is 9.15 Å². The number of benzene rings is 1. The average Bonchev–Trinajstić information content (AvgIpc) is 3.31. The Hall–Kier alpha value is -4.64. The average molecular weight is 426 g/mol. The quantitative estimate of drug-likeness (QED) is 0.373. The molecule has 8 heteroatoms. The van der Waals surface area contributed by atoms with Crippen molar-refractivity contribution >= 4 is 17.6 Å². The first-order chi connectivity index (χ1) is 15.5. The Bertz CT molecular complexity index is 1410. The number of nitriles is 1. The van der Waals surface area contributed by atoms with E-state index in [9.17, 15) is 14.9 Å². The molecule has 8 nitrogen and oxygen atoms in total. The lowest BCUT2D eigenvalue weighted by molar-refractivity contribution is -0.117. The Balaban J connectivity index is 1.76. The van der Waals surface area contributed by atoms with Crippen molar-refractivity contribution in [1.29, 1.82) is 5.26 Å². The van der Waals surface area contributed by atoms with E-state index >= 15 is 0 Å². The van der Waals surface area contributed by atoms with E-state index in [1.54, 1.807) is 48.7 Å². The summed E-state index contributed by atoms with van der Waals surface area (Å²) in [6, 6.07) is 17.6. The van der Waals surface area contributed by atoms with Gasteiger partial charge in [0, 0.05) is 6.20 Å². The van der Waals surface area contributed by atoms with Crippen LogP contribution in [0.15, 0.2) is 81.8 Å². The summed E-state index contributed by atoms with van der Waals surface area (Å²) < 4.78 is 12.4. The van der Waals surface area contributed by atoms with Crippen LogP contribution in [-0.2, 0) is 11.3 Å². The summed E-state index contributed by atoms with van der Waals surface area (Å²) in [5.41, 5.74) is 0.593. The lowest BCUT2D eigenvalue weighted by Gasteiger charge is -2.10. The highest BCUT2D eigenvalue weighted by Crippen LogP contribution is 2.24. The Morgan fingerprint density at radius 3 is 2.88 bits per heavy atom. The predicted octanol–water partition coefficient (Wildman–Crippen LogP) is 3.61. The van der Waals surface area contributed by atoms with Gasteiger partial charge in [0.15, 0.2) is 0 Å². The number of fused-ring (bicyclic) bond motifs is 1. The van der Waals surface area contributed by atoms with Crippen molar-refractivity contribution in [2.24, 2.45) is 0 Å². The fraction of sp³-hybridized carbons (Fsp3) is 0.0833. The standard InChI is InChI=1S/C24H18N4O4/c1-16-6-4-7-18(12-16)32-23-20(24(30)28-10-3-2-9-21(28)27-23)13-17(14-25)22(29)26-15-19-8-5-11-31-19/h2-13H,15H2,1H3,(H,26,29). The van der Waals surface area contributed by atoms with E-state index in [-0.39, 0.29) is 23.6 Å². The third-order valence-electron chi connectivity index (χ3n) is 4.60. The maximum absolute atomic E-state index is 13.2. The van der Waals surface area contributed by atoms with Gasteiger partial charge in [0.2, 0.25) is 5.88 Å². The number of hydrogen-bond donors (Lipinski definition) is 1. The molecule has 158 valence electrons. The molecule has 1 N–H and O–H groups in total. The minimum atomic E-state index is -0.650. The van der Waals surface area contributed by atoms with Crippen molar-refractivity contribution in [3.8, 4) is 17.7 Å². The van der Waals surface area contributed by atoms with E-state index in [1.165, 1.54) is 16.7 Å². The summed E-state index contributed by atoms with van der Waals surface area (Å²) in [5.74, 6) is 0.362. The van der Waals surface area contributed by atoms with Gasteiger partial charge in [0.1, 0.15) is 34.4 Å². The number of carbonyl (C=O) groups excluding carboxylic acids is 1. The predicted molar refractivity (Wildman–Crippen MR) is 117 cm³/mol. The van der Waals surface area contributed by atoms with Crippen LogP contribution in [0.2, 0.25) is 0 Å². The van der Waals surface area contributed by atoms with Crippen molar-refractivity contribution in [3.05, 3.63) is 99.9 Å². The van der Waals surface area contributed by atoms with Crippen molar-refractivity contribution in [3.63, 3.8) is 0 Å². The summed E-state index contributed by atoms with van der Waals surface area (Å²) in [6.07, 6.45) is 4.23. The first kappa shape index (κ1) is 20.6. The number of pyridine rings is 1. The van der Waals surface area contributed by atoms with Gasteiger partial charge >= 0.3 is 0 Å². The number of aromatic nitrogens is 2. The Morgan fingerprint density at radius 1 is 1.25 bits per heavy atom. The lowest BCUT2D eigenvalue weighted by Crippen LogP contribution is -2.24. The van der Waals surface area contributed by atoms with Crippen LogP contribution in [-0.4, -0.2) is 15.3 Å². The highest BCUT2D eigenvalue weighted by atomic mass is 16.5. The number of rotatable bonds is 6. The number of amides is 1. The number of aryl methyl sites for hydroxylation is 1. The molecule has 0 radical (unpaired) electrons. The Morgan fingerprint density at radius 2 is 2.12 bits per heavy atom. The molecule has 1 aromatic carbocycles. The molecule has 0 aliphatic rings. The molecule has 0 atom stereocenters. The van der Waals surface area contributed by atoms with Crippen LogP contribution in [0.5, 0.6) is 11.6 Å². The van der Waals surface area contributed by atoms with E-state index in [0.717, 1.165) is 5.56 Å². The number of nitrogens with zero attached hydrogens (tertiary/aromatic N) is 3. The normalized spacial score (nSPS) is 11.2. The van der Waals surface area contributed by atoms with Crippen LogP contribution >= 0.6 is 0 Å². The second kappa shape index (κ2) is 9.02. The van der Waals surface area contributed by atoms with Gasteiger partial charge in [-0.25, -0.2) is 0 Å². The van der Waals surface area contributed by atoms with E-state index < -0.39 is 11.5 Å². The molecule has 0 unspecified atom stereocenters. The second-order valence-corrected chi connectivity index (χ2v) is 6.92. The van der Waals surface area contributed by atoms with Crippen molar-refractivity contribution < 1.29 is 13.9 Å². The van der Waals surface area contributed by atoms with Gasteiger partial charge in [-0.3, -0.25) is 14.0 Å². The monoisotopic (exact) mass is 426 g/mol. The van der Waals surface area contributed by atoms with E-state index in [1.807, 2.05) is 25.1 Å². The first-order valence-electron chi connectivity index (χ1n) is 9.73. The molecule has 0 spiro atoms. The van der Waals surface area contributed by atoms with Crippen LogP contribution in [0.25, 0.3) is 11.7 Å². The van der Waals surface area contributed by atoms with Crippen molar-refractivity contribution in [2.45, 2.75) is 13.5 Å². The smallest absolute Gasteiger partial charge is 0.269 e. The van der Waals surface area contributed by atoms with Gasteiger partial charge in [-0.1, -0.05) is 18.2 Å². The maximum atomic E-state index is 13.2. The largest absolute Gasteiger partial charge is 0.467 e. The molecular weight excluding hydrogens is 408 g/mol. The lowest BCUT2D eigenvalue weighted by atomic mass is 10.1. The molecule has 3 aromatic heterocycles. The summed E-state index contributed by atoms with van der Waals surface area (Å²) in [6.45, 7) is 2.01. The molecule has 0 bridgehead atoms. The highest BCUT2D eigenvalue weighted by molar-refractivity contribution is 6.01. The van der Waals surface area contributed by atoms with E-state index in [2.05, 4.69) is 10.3 Å². The van der Waals surface area contributed by atoms with Crippen LogP contribution in [0.4, 0.5) is 0 Å². The number of ether oxygens (including phenoxy) is 1. The van der Waals surface area contributed by atoms with Gasteiger partial charge in [-0.2, -0.15) is 10.2 Å². The molecule has 0 fully saturated rings. The molecular formula is C24H18N4O4. The zero-order valence-electron chi connectivity index (χ0n) is 17.1. The van der Waals surface area contributed by atoms with Crippen molar-refractivity contribution in [1.82, 2.24) is 14.7 Å².